The fourth-order valence-corrected chi connectivity index (χ4v) is 7.85. The zero-order valence-corrected chi connectivity index (χ0v) is 23.1. The largest absolute Gasteiger partial charge is 0.337 e. The first-order valence-corrected chi connectivity index (χ1v) is 14.4. The first-order valence-electron chi connectivity index (χ1n) is 14.4. The first-order chi connectivity index (χ1) is 18.0. The van der Waals surface area contributed by atoms with E-state index < -0.39 is 0 Å². The Kier molecular flexibility index (Phi) is 5.89. The van der Waals surface area contributed by atoms with Gasteiger partial charge in [0, 0.05) is 22.2 Å². The Bertz CT molecular complexity index is 1270. The zero-order valence-electron chi connectivity index (χ0n) is 23.1. The molecule has 4 heteroatoms. The molecule has 4 atom stereocenters. The third kappa shape index (κ3) is 3.27. The SMILES string of the molecule is C/C=C1/NC2=C(N/C1=C/C)N1c3ccccc3C3(C)C(CCCCCCC)C3(C)C1N2c1ccccc1. The molecule has 0 spiro atoms. The van der Waals surface area contributed by atoms with Gasteiger partial charge in [0.25, 0.3) is 0 Å². The Hall–Kier alpha value is -3.14. The van der Waals surface area contributed by atoms with Gasteiger partial charge in [-0.1, -0.05) is 101 Å². The Labute approximate surface area is 223 Å². The van der Waals surface area contributed by atoms with E-state index in [2.05, 4.69) is 122 Å². The van der Waals surface area contributed by atoms with Gasteiger partial charge in [-0.05, 0) is 49.9 Å². The maximum Gasteiger partial charge on any atom is 0.154 e. The smallest absolute Gasteiger partial charge is 0.154 e. The van der Waals surface area contributed by atoms with Gasteiger partial charge in [-0.15, -0.1) is 0 Å². The van der Waals surface area contributed by atoms with Crippen molar-refractivity contribution in [2.75, 3.05) is 9.80 Å². The van der Waals surface area contributed by atoms with Gasteiger partial charge in [0.15, 0.2) is 11.6 Å². The molecule has 2 aromatic rings. The Morgan fingerprint density at radius 1 is 0.784 bits per heavy atom. The lowest BCUT2D eigenvalue weighted by atomic mass is 9.81. The molecule has 1 aliphatic carbocycles. The van der Waals surface area contributed by atoms with Gasteiger partial charge in [0.1, 0.15) is 6.17 Å². The molecule has 0 bridgehead atoms. The summed E-state index contributed by atoms with van der Waals surface area (Å²) >= 11 is 0. The third-order valence-corrected chi connectivity index (χ3v) is 9.92. The van der Waals surface area contributed by atoms with Gasteiger partial charge in [0.2, 0.25) is 0 Å². The number of nitrogens with zero attached hydrogens (tertiary/aromatic N) is 2. The van der Waals surface area contributed by atoms with Crippen molar-refractivity contribution in [1.82, 2.24) is 10.6 Å². The number of para-hydroxylation sites is 2. The molecule has 4 aliphatic rings. The average molecular weight is 495 g/mol. The van der Waals surface area contributed by atoms with Gasteiger partial charge in [-0.3, -0.25) is 0 Å². The Morgan fingerprint density at radius 2 is 1.41 bits per heavy atom. The zero-order chi connectivity index (χ0) is 25.8. The lowest BCUT2D eigenvalue weighted by molar-refractivity contribution is 0.345. The number of hydrogen-bond acceptors (Lipinski definition) is 4. The van der Waals surface area contributed by atoms with Crippen molar-refractivity contribution in [1.29, 1.82) is 0 Å². The third-order valence-electron chi connectivity index (χ3n) is 9.92. The van der Waals surface area contributed by atoms with Crippen molar-refractivity contribution < 1.29 is 0 Å². The lowest BCUT2D eigenvalue weighted by Gasteiger charge is -2.45. The summed E-state index contributed by atoms with van der Waals surface area (Å²) in [7, 11) is 0. The molecule has 6 rings (SSSR count). The van der Waals surface area contributed by atoms with Crippen molar-refractivity contribution in [3.05, 3.63) is 95.3 Å². The number of nitrogens with one attached hydrogen (secondary N) is 2. The van der Waals surface area contributed by atoms with E-state index in [9.17, 15) is 0 Å². The van der Waals surface area contributed by atoms with E-state index in [1.807, 2.05) is 0 Å². The van der Waals surface area contributed by atoms with Crippen LogP contribution < -0.4 is 20.4 Å². The van der Waals surface area contributed by atoms with E-state index in [0.29, 0.717) is 5.92 Å². The van der Waals surface area contributed by atoms with Crippen molar-refractivity contribution in [3.8, 4) is 0 Å². The molecule has 3 aliphatic heterocycles. The topological polar surface area (TPSA) is 30.5 Å². The average Bonchev–Trinajstić information content (AvgIpc) is 3.25. The van der Waals surface area contributed by atoms with Crippen LogP contribution in [0.5, 0.6) is 0 Å². The normalized spacial score (nSPS) is 31.5. The van der Waals surface area contributed by atoms with Gasteiger partial charge >= 0.3 is 0 Å². The van der Waals surface area contributed by atoms with Crippen LogP contribution in [0.3, 0.4) is 0 Å². The highest BCUT2D eigenvalue weighted by Crippen LogP contribution is 2.78. The molecular weight excluding hydrogens is 452 g/mol. The van der Waals surface area contributed by atoms with Crippen molar-refractivity contribution in [3.63, 3.8) is 0 Å². The maximum absolute atomic E-state index is 3.85. The molecule has 37 heavy (non-hydrogen) atoms. The van der Waals surface area contributed by atoms with Crippen molar-refractivity contribution in [2.45, 2.75) is 84.7 Å². The maximum atomic E-state index is 3.85. The second kappa shape index (κ2) is 9.01. The van der Waals surface area contributed by atoms with Gasteiger partial charge in [-0.25, -0.2) is 0 Å². The standard InChI is InChI=1S/C33H42N4/c1-6-9-10-11-15-22-28-32(4)24-20-16-17-21-27(24)37-30-29(34-25(7-2)26(8-3)35-30)36(31(37)33(28,32)5)23-18-13-12-14-19-23/h7-8,12-14,16-21,28,31,34-35H,6,9-11,15,22H2,1-5H3/b25-7+,26-8+. The molecule has 1 fully saturated rings. The number of anilines is 2. The van der Waals surface area contributed by atoms with E-state index in [4.69, 9.17) is 0 Å². The summed E-state index contributed by atoms with van der Waals surface area (Å²) in [5.41, 5.74) is 6.64. The van der Waals surface area contributed by atoms with Gasteiger partial charge < -0.3 is 20.4 Å². The Morgan fingerprint density at radius 3 is 2.08 bits per heavy atom. The summed E-state index contributed by atoms with van der Waals surface area (Å²) in [6, 6.07) is 20.2. The van der Waals surface area contributed by atoms with Gasteiger partial charge in [0.05, 0.1) is 11.4 Å². The van der Waals surface area contributed by atoms with Crippen LogP contribution in [0.25, 0.3) is 0 Å². The highest BCUT2D eigenvalue weighted by atomic mass is 15.5. The molecule has 1 saturated carbocycles. The molecule has 0 amide bonds. The van der Waals surface area contributed by atoms with Gasteiger partial charge in [-0.2, -0.15) is 0 Å². The molecule has 194 valence electrons. The second-order valence-electron chi connectivity index (χ2n) is 11.6. The molecule has 2 aromatic carbocycles. The molecule has 0 radical (unpaired) electrons. The molecule has 4 unspecified atom stereocenters. The predicted octanol–water partition coefficient (Wildman–Crippen LogP) is 7.73. The summed E-state index contributed by atoms with van der Waals surface area (Å²) in [6.45, 7) is 11.6. The number of unbranched alkanes of at least 4 members (excludes halogenated alkanes) is 4. The molecule has 4 nitrogen and oxygen atoms in total. The van der Waals surface area contributed by atoms with Crippen LogP contribution in [-0.4, -0.2) is 6.17 Å². The number of benzene rings is 2. The minimum atomic E-state index is 0.120. The fraction of sp³-hybridized carbons (Fsp3) is 0.455. The minimum Gasteiger partial charge on any atom is -0.337 e. The highest BCUT2D eigenvalue weighted by molar-refractivity contribution is 5.77. The van der Waals surface area contributed by atoms with Crippen LogP contribution in [0.15, 0.2) is 89.8 Å². The van der Waals surface area contributed by atoms with E-state index in [-0.39, 0.29) is 17.0 Å². The van der Waals surface area contributed by atoms with Crippen molar-refractivity contribution >= 4 is 11.4 Å². The van der Waals surface area contributed by atoms with Crippen molar-refractivity contribution in [2.24, 2.45) is 11.3 Å². The second-order valence-corrected chi connectivity index (χ2v) is 11.6. The van der Waals surface area contributed by atoms with Crippen LogP contribution >= 0.6 is 0 Å². The van der Waals surface area contributed by atoms with Crippen LogP contribution in [-0.2, 0) is 5.41 Å². The summed E-state index contributed by atoms with van der Waals surface area (Å²) in [4.78, 5) is 5.20. The number of fused-ring (bicyclic) bond motifs is 7. The van der Waals surface area contributed by atoms with Crippen LogP contribution in [0, 0.1) is 11.3 Å². The molecule has 0 saturated heterocycles. The van der Waals surface area contributed by atoms with Crippen LogP contribution in [0.2, 0.25) is 0 Å². The number of rotatable bonds is 7. The quantitative estimate of drug-likeness (QED) is 0.386. The summed E-state index contributed by atoms with van der Waals surface area (Å²) in [5, 5.41) is 7.70. The highest BCUT2D eigenvalue weighted by Gasteiger charge is 2.79. The minimum absolute atomic E-state index is 0.120. The summed E-state index contributed by atoms with van der Waals surface area (Å²) in [5.74, 6) is 2.97. The van der Waals surface area contributed by atoms with Crippen LogP contribution in [0.4, 0.5) is 11.4 Å². The summed E-state index contributed by atoms with van der Waals surface area (Å²) < 4.78 is 0. The number of hydrogen-bond donors (Lipinski definition) is 2. The van der Waals surface area contributed by atoms with E-state index in [1.165, 1.54) is 55.5 Å². The lowest BCUT2D eigenvalue weighted by Crippen LogP contribution is -2.53. The molecule has 2 N–H and O–H groups in total. The van der Waals surface area contributed by atoms with Crippen LogP contribution in [0.1, 0.15) is 78.7 Å². The fourth-order valence-electron chi connectivity index (χ4n) is 7.85. The molecule has 0 aromatic heterocycles. The first kappa shape index (κ1) is 24.2. The predicted molar refractivity (Wildman–Crippen MR) is 155 cm³/mol. The van der Waals surface area contributed by atoms with E-state index in [1.54, 1.807) is 0 Å². The molecule has 3 heterocycles. The van der Waals surface area contributed by atoms with E-state index >= 15 is 0 Å². The monoisotopic (exact) mass is 494 g/mol. The Balaban J connectivity index is 1.49. The summed E-state index contributed by atoms with van der Waals surface area (Å²) in [6.07, 6.45) is 12.5. The molecular formula is C33H42N4. The number of allylic oxidation sites excluding steroid dienone is 2. The van der Waals surface area contributed by atoms with E-state index in [0.717, 1.165) is 23.0 Å².